The van der Waals surface area contributed by atoms with Gasteiger partial charge >= 0.3 is 0 Å². The summed E-state index contributed by atoms with van der Waals surface area (Å²) >= 11 is 5.34. The fourth-order valence-electron chi connectivity index (χ4n) is 1.41. The van der Waals surface area contributed by atoms with Gasteiger partial charge in [0.05, 0.1) is 0 Å². The van der Waals surface area contributed by atoms with Gasteiger partial charge in [0.1, 0.15) is 0 Å². The summed E-state index contributed by atoms with van der Waals surface area (Å²) in [7, 11) is 0. The van der Waals surface area contributed by atoms with Gasteiger partial charge in [0.25, 0.3) is 0 Å². The number of thiocarbonyl (C=S) groups is 1. The van der Waals surface area contributed by atoms with Crippen molar-refractivity contribution in [3.05, 3.63) is 0 Å². The van der Waals surface area contributed by atoms with Crippen LogP contribution in [0.15, 0.2) is 0 Å². The van der Waals surface area contributed by atoms with Crippen LogP contribution in [0.1, 0.15) is 39.5 Å². The van der Waals surface area contributed by atoms with Crippen molar-refractivity contribution in [2.75, 3.05) is 13.1 Å². The Balaban J connectivity index is 2.29. The molecule has 0 heterocycles. The monoisotopic (exact) mass is 200 g/mol. The van der Waals surface area contributed by atoms with Crippen molar-refractivity contribution in [2.45, 2.75) is 45.6 Å². The van der Waals surface area contributed by atoms with E-state index >= 15 is 0 Å². The molecule has 0 saturated heterocycles. The molecular weight excluding hydrogens is 180 g/mol. The van der Waals surface area contributed by atoms with Gasteiger partial charge in [-0.15, -0.1) is 0 Å². The van der Waals surface area contributed by atoms with E-state index in [1.165, 1.54) is 19.3 Å². The molecule has 0 aliphatic heterocycles. The lowest BCUT2D eigenvalue weighted by atomic mass is 10.4. The minimum Gasteiger partial charge on any atom is -0.363 e. The molecule has 0 aromatic heterocycles. The molecule has 2 nitrogen and oxygen atoms in total. The van der Waals surface area contributed by atoms with Crippen molar-refractivity contribution < 1.29 is 0 Å². The standard InChI is InChI=1S/C10H20N2S/c1-3-7-11-10(13)12(8-4-2)9-5-6-9/h9H,3-8H2,1-2H3,(H,11,13). The van der Waals surface area contributed by atoms with Crippen molar-refractivity contribution >= 4 is 17.3 Å². The molecule has 1 aliphatic carbocycles. The second-order valence-corrected chi connectivity index (χ2v) is 4.04. The topological polar surface area (TPSA) is 15.3 Å². The average molecular weight is 200 g/mol. The highest BCUT2D eigenvalue weighted by molar-refractivity contribution is 7.80. The predicted molar refractivity (Wildman–Crippen MR) is 60.9 cm³/mol. The van der Waals surface area contributed by atoms with Gasteiger partial charge < -0.3 is 10.2 Å². The summed E-state index contributed by atoms with van der Waals surface area (Å²) in [4.78, 5) is 2.35. The second kappa shape index (κ2) is 5.43. The third-order valence-electron chi connectivity index (χ3n) is 2.24. The minimum atomic E-state index is 0.747. The first-order chi connectivity index (χ1) is 6.29. The van der Waals surface area contributed by atoms with Gasteiger partial charge in [-0.2, -0.15) is 0 Å². The maximum absolute atomic E-state index is 5.34. The van der Waals surface area contributed by atoms with Crippen molar-refractivity contribution in [1.29, 1.82) is 0 Å². The van der Waals surface area contributed by atoms with E-state index in [0.29, 0.717) is 0 Å². The zero-order chi connectivity index (χ0) is 9.68. The molecule has 0 bridgehead atoms. The number of rotatable bonds is 5. The molecule has 1 rings (SSSR count). The van der Waals surface area contributed by atoms with Crippen LogP contribution in [0.4, 0.5) is 0 Å². The normalized spacial score (nSPS) is 15.5. The second-order valence-electron chi connectivity index (χ2n) is 3.66. The van der Waals surface area contributed by atoms with Crippen LogP contribution in [0, 0.1) is 0 Å². The molecule has 1 N–H and O–H groups in total. The van der Waals surface area contributed by atoms with Crippen molar-refractivity contribution in [3.8, 4) is 0 Å². The first-order valence-electron chi connectivity index (χ1n) is 5.34. The molecule has 0 radical (unpaired) electrons. The lowest BCUT2D eigenvalue weighted by molar-refractivity contribution is 0.401. The van der Waals surface area contributed by atoms with E-state index in [4.69, 9.17) is 12.2 Å². The van der Waals surface area contributed by atoms with Gasteiger partial charge in [-0.05, 0) is 37.9 Å². The van der Waals surface area contributed by atoms with Gasteiger partial charge in [0.2, 0.25) is 0 Å². The van der Waals surface area contributed by atoms with E-state index in [-0.39, 0.29) is 0 Å². The number of nitrogens with one attached hydrogen (secondary N) is 1. The Morgan fingerprint density at radius 2 is 2.08 bits per heavy atom. The Labute approximate surface area is 86.7 Å². The van der Waals surface area contributed by atoms with Crippen LogP contribution >= 0.6 is 12.2 Å². The van der Waals surface area contributed by atoms with Crippen LogP contribution in [0.25, 0.3) is 0 Å². The molecule has 1 saturated carbocycles. The summed E-state index contributed by atoms with van der Waals surface area (Å²) in [5.74, 6) is 0. The molecular formula is C10H20N2S. The summed E-state index contributed by atoms with van der Waals surface area (Å²) in [5, 5.41) is 4.26. The van der Waals surface area contributed by atoms with Crippen LogP contribution < -0.4 is 5.32 Å². The van der Waals surface area contributed by atoms with Crippen LogP contribution in [0.2, 0.25) is 0 Å². The molecule has 3 heteroatoms. The van der Waals surface area contributed by atoms with Crippen LogP contribution in [-0.4, -0.2) is 29.1 Å². The van der Waals surface area contributed by atoms with Gasteiger partial charge in [-0.25, -0.2) is 0 Å². The number of hydrogen-bond donors (Lipinski definition) is 1. The first-order valence-corrected chi connectivity index (χ1v) is 5.74. The van der Waals surface area contributed by atoms with Crippen molar-refractivity contribution in [1.82, 2.24) is 10.2 Å². The average Bonchev–Trinajstić information content (AvgIpc) is 2.93. The largest absolute Gasteiger partial charge is 0.363 e. The Morgan fingerprint density at radius 1 is 1.38 bits per heavy atom. The molecule has 76 valence electrons. The third-order valence-corrected chi connectivity index (χ3v) is 2.62. The quantitative estimate of drug-likeness (QED) is 0.685. The SMILES string of the molecule is CCCNC(=S)N(CCC)C1CC1. The lowest BCUT2D eigenvalue weighted by Gasteiger charge is -2.25. The number of nitrogens with zero attached hydrogens (tertiary/aromatic N) is 1. The summed E-state index contributed by atoms with van der Waals surface area (Å²) < 4.78 is 0. The Bertz CT molecular complexity index is 166. The summed E-state index contributed by atoms with van der Waals surface area (Å²) in [6, 6.07) is 0.747. The first kappa shape index (κ1) is 10.8. The smallest absolute Gasteiger partial charge is 0.169 e. The van der Waals surface area contributed by atoms with Crippen LogP contribution in [0.5, 0.6) is 0 Å². The number of hydrogen-bond acceptors (Lipinski definition) is 1. The van der Waals surface area contributed by atoms with E-state index in [0.717, 1.165) is 30.7 Å². The Hall–Kier alpha value is -0.310. The summed E-state index contributed by atoms with van der Waals surface area (Å²) in [5.41, 5.74) is 0. The Kier molecular flexibility index (Phi) is 4.50. The van der Waals surface area contributed by atoms with E-state index in [2.05, 4.69) is 24.1 Å². The van der Waals surface area contributed by atoms with Crippen molar-refractivity contribution in [2.24, 2.45) is 0 Å². The molecule has 0 aromatic rings. The molecule has 0 atom stereocenters. The molecule has 13 heavy (non-hydrogen) atoms. The molecule has 0 unspecified atom stereocenters. The van der Waals surface area contributed by atoms with Gasteiger partial charge in [0, 0.05) is 19.1 Å². The minimum absolute atomic E-state index is 0.747. The van der Waals surface area contributed by atoms with E-state index in [1.807, 2.05) is 0 Å². The molecule has 1 fully saturated rings. The van der Waals surface area contributed by atoms with Crippen LogP contribution in [0.3, 0.4) is 0 Å². The molecule has 0 amide bonds. The highest BCUT2D eigenvalue weighted by Gasteiger charge is 2.29. The summed E-state index contributed by atoms with van der Waals surface area (Å²) in [6.45, 7) is 6.49. The van der Waals surface area contributed by atoms with E-state index in [1.54, 1.807) is 0 Å². The predicted octanol–water partition coefficient (Wildman–Crippen LogP) is 2.15. The van der Waals surface area contributed by atoms with E-state index < -0.39 is 0 Å². The molecule has 0 aromatic carbocycles. The van der Waals surface area contributed by atoms with Gasteiger partial charge in [-0.3, -0.25) is 0 Å². The maximum atomic E-state index is 5.34. The highest BCUT2D eigenvalue weighted by atomic mass is 32.1. The van der Waals surface area contributed by atoms with E-state index in [9.17, 15) is 0 Å². The maximum Gasteiger partial charge on any atom is 0.169 e. The zero-order valence-corrected chi connectivity index (χ0v) is 9.49. The van der Waals surface area contributed by atoms with Gasteiger partial charge in [-0.1, -0.05) is 13.8 Å². The zero-order valence-electron chi connectivity index (χ0n) is 8.68. The third kappa shape index (κ3) is 3.51. The fourth-order valence-corrected chi connectivity index (χ4v) is 1.75. The van der Waals surface area contributed by atoms with Crippen molar-refractivity contribution in [3.63, 3.8) is 0 Å². The lowest BCUT2D eigenvalue weighted by Crippen LogP contribution is -2.41. The Morgan fingerprint density at radius 3 is 2.54 bits per heavy atom. The molecule has 1 aliphatic rings. The highest BCUT2D eigenvalue weighted by Crippen LogP contribution is 2.26. The van der Waals surface area contributed by atoms with Crippen LogP contribution in [-0.2, 0) is 0 Å². The fraction of sp³-hybridized carbons (Fsp3) is 0.900. The van der Waals surface area contributed by atoms with Gasteiger partial charge in [0.15, 0.2) is 5.11 Å². The molecule has 0 spiro atoms. The summed E-state index contributed by atoms with van der Waals surface area (Å²) in [6.07, 6.45) is 4.98.